The largest absolute Gasteiger partial charge is 0.493 e. The van der Waals surface area contributed by atoms with E-state index in [1.165, 1.54) is 0 Å². The van der Waals surface area contributed by atoms with Gasteiger partial charge in [-0.15, -0.1) is 0 Å². The lowest BCUT2D eigenvalue weighted by Crippen LogP contribution is -2.53. The van der Waals surface area contributed by atoms with Gasteiger partial charge in [0, 0.05) is 31.4 Å². The number of aromatic nitrogens is 1. The number of ether oxygens (including phenoxy) is 3. The molecule has 268 valence electrons. The van der Waals surface area contributed by atoms with Gasteiger partial charge in [0.2, 0.25) is 0 Å². The van der Waals surface area contributed by atoms with E-state index in [9.17, 15) is 24.9 Å². The molecule has 0 aliphatic heterocycles. The molecule has 4 atom stereocenters. The third-order valence-corrected chi connectivity index (χ3v) is 7.42. The summed E-state index contributed by atoms with van der Waals surface area (Å²) in [5.41, 5.74) is 0.849. The zero-order chi connectivity index (χ0) is 35.9. The Hall–Kier alpha value is -4.23. The summed E-state index contributed by atoms with van der Waals surface area (Å²) in [6, 6.07) is 21.1. The van der Waals surface area contributed by atoms with Gasteiger partial charge in [-0.1, -0.05) is 48.5 Å². The van der Waals surface area contributed by atoms with E-state index in [0.29, 0.717) is 25.2 Å². The minimum atomic E-state index is -1.12. The van der Waals surface area contributed by atoms with E-state index in [0.717, 1.165) is 16.8 Å². The molecular weight excluding hydrogens is 628 g/mol. The number of hydrogen-bond donors (Lipinski definition) is 6. The van der Waals surface area contributed by atoms with Crippen molar-refractivity contribution in [3.63, 3.8) is 0 Å². The fourth-order valence-corrected chi connectivity index (χ4v) is 4.82. The number of alkyl carbamates (subject to hydrolysis) is 2. The standard InChI is InChI=1S/C37H52N4O8/c1-36(2,3)48-34(45)40-30(21-26-11-7-6-8-12-26)32(43)23-38-24-33(44)31(41-35(46)49-37(4,5)25-42)22-27-14-16-29(17-15-27)47-20-18-28-13-9-10-19-39-28/h6-17,19,30-33,38,42-44H,18,20-25H2,1-5H3,(H,40,45)(H,41,46)/t30-,31+,32?,33+/m1/s1. The molecule has 49 heavy (non-hydrogen) atoms. The van der Waals surface area contributed by atoms with Crippen LogP contribution in [0.5, 0.6) is 5.75 Å². The number of nitrogens with one attached hydrogen (secondary N) is 3. The van der Waals surface area contributed by atoms with Crippen molar-refractivity contribution in [2.45, 2.75) is 89.4 Å². The van der Waals surface area contributed by atoms with E-state index < -0.39 is 47.7 Å². The van der Waals surface area contributed by atoms with Crippen LogP contribution in [0.15, 0.2) is 79.0 Å². The molecule has 12 nitrogen and oxygen atoms in total. The van der Waals surface area contributed by atoms with Gasteiger partial charge in [-0.05, 0) is 82.9 Å². The average Bonchev–Trinajstić information content (AvgIpc) is 3.04. The monoisotopic (exact) mass is 680 g/mol. The minimum absolute atomic E-state index is 0.00457. The second-order valence-corrected chi connectivity index (χ2v) is 13.6. The highest BCUT2D eigenvalue weighted by Gasteiger charge is 2.28. The summed E-state index contributed by atoms with van der Waals surface area (Å²) >= 11 is 0. The predicted octanol–water partition coefficient (Wildman–Crippen LogP) is 3.56. The third kappa shape index (κ3) is 15.2. The molecule has 0 spiro atoms. The summed E-state index contributed by atoms with van der Waals surface area (Å²) in [6.45, 7) is 8.55. The van der Waals surface area contributed by atoms with Crippen LogP contribution in [0, 0.1) is 0 Å². The first-order valence-electron chi connectivity index (χ1n) is 16.6. The summed E-state index contributed by atoms with van der Waals surface area (Å²) in [5, 5.41) is 40.5. The van der Waals surface area contributed by atoms with E-state index in [1.54, 1.807) is 40.8 Å². The number of rotatable bonds is 18. The van der Waals surface area contributed by atoms with Crippen LogP contribution >= 0.6 is 0 Å². The molecule has 1 unspecified atom stereocenters. The average molecular weight is 681 g/mol. The molecule has 3 rings (SSSR count). The Morgan fingerprint density at radius 3 is 1.84 bits per heavy atom. The SMILES string of the molecule is CC(C)(C)OC(=O)N[C@H](Cc1ccccc1)C(O)CNC[C@H](O)[C@H](Cc1ccc(OCCc2ccccn2)cc1)NC(=O)OC(C)(C)CO. The number of carbonyl (C=O) groups excluding carboxylic acids is 2. The fourth-order valence-electron chi connectivity index (χ4n) is 4.82. The highest BCUT2D eigenvalue weighted by Crippen LogP contribution is 2.16. The lowest BCUT2D eigenvalue weighted by molar-refractivity contribution is -0.00773. The molecule has 0 bridgehead atoms. The summed E-state index contributed by atoms with van der Waals surface area (Å²) < 4.78 is 16.6. The highest BCUT2D eigenvalue weighted by atomic mass is 16.6. The molecule has 2 amide bonds. The van der Waals surface area contributed by atoms with Crippen LogP contribution in [-0.4, -0.2) is 94.3 Å². The van der Waals surface area contributed by atoms with E-state index in [2.05, 4.69) is 20.9 Å². The van der Waals surface area contributed by atoms with Crippen LogP contribution < -0.4 is 20.7 Å². The van der Waals surface area contributed by atoms with Gasteiger partial charge in [-0.3, -0.25) is 4.98 Å². The van der Waals surface area contributed by atoms with Gasteiger partial charge in [0.25, 0.3) is 0 Å². The molecule has 6 N–H and O–H groups in total. The van der Waals surface area contributed by atoms with Gasteiger partial charge in [-0.2, -0.15) is 0 Å². The Bertz CT molecular complexity index is 1400. The highest BCUT2D eigenvalue weighted by molar-refractivity contribution is 5.68. The molecule has 0 aliphatic carbocycles. The minimum Gasteiger partial charge on any atom is -0.493 e. The molecule has 0 saturated carbocycles. The molecule has 0 aliphatic rings. The van der Waals surface area contributed by atoms with Crippen LogP contribution in [0.3, 0.4) is 0 Å². The normalized spacial score (nSPS) is 14.2. The van der Waals surface area contributed by atoms with E-state index in [4.69, 9.17) is 14.2 Å². The van der Waals surface area contributed by atoms with Crippen LogP contribution in [-0.2, 0) is 28.7 Å². The lowest BCUT2D eigenvalue weighted by atomic mass is 10.00. The molecule has 0 radical (unpaired) electrons. The molecule has 1 heterocycles. The number of carbonyl (C=O) groups is 2. The fraction of sp³-hybridized carbons (Fsp3) is 0.486. The summed E-state index contributed by atoms with van der Waals surface area (Å²) in [4.78, 5) is 29.6. The maximum absolute atomic E-state index is 12.8. The molecule has 1 aromatic heterocycles. The Morgan fingerprint density at radius 1 is 0.755 bits per heavy atom. The molecule has 12 heteroatoms. The van der Waals surface area contributed by atoms with E-state index >= 15 is 0 Å². The molecule has 2 aromatic carbocycles. The Labute approximate surface area is 289 Å². The van der Waals surface area contributed by atoms with Crippen LogP contribution in [0.1, 0.15) is 51.4 Å². The number of benzene rings is 2. The Balaban J connectivity index is 1.62. The van der Waals surface area contributed by atoms with E-state index in [-0.39, 0.29) is 26.1 Å². The number of aliphatic hydroxyl groups is 3. The van der Waals surface area contributed by atoms with Crippen molar-refractivity contribution in [2.75, 3.05) is 26.3 Å². The van der Waals surface area contributed by atoms with Crippen LogP contribution in [0.25, 0.3) is 0 Å². The Morgan fingerprint density at radius 2 is 1.31 bits per heavy atom. The van der Waals surface area contributed by atoms with Crippen molar-refractivity contribution in [3.8, 4) is 5.75 Å². The van der Waals surface area contributed by atoms with Crippen molar-refractivity contribution >= 4 is 12.2 Å². The first kappa shape index (κ1) is 39.2. The van der Waals surface area contributed by atoms with Gasteiger partial charge in [0.1, 0.15) is 17.0 Å². The summed E-state index contributed by atoms with van der Waals surface area (Å²) in [7, 11) is 0. The number of amides is 2. The van der Waals surface area contributed by atoms with Crippen molar-refractivity contribution in [1.82, 2.24) is 20.9 Å². The molecule has 3 aromatic rings. The van der Waals surface area contributed by atoms with Gasteiger partial charge in [0.15, 0.2) is 0 Å². The van der Waals surface area contributed by atoms with E-state index in [1.807, 2.05) is 72.8 Å². The quantitative estimate of drug-likeness (QED) is 0.117. The second kappa shape index (κ2) is 19.1. The van der Waals surface area contributed by atoms with Gasteiger partial charge >= 0.3 is 12.2 Å². The summed E-state index contributed by atoms with van der Waals surface area (Å²) in [5.74, 6) is 0.676. The topological polar surface area (TPSA) is 172 Å². The van der Waals surface area contributed by atoms with Gasteiger partial charge < -0.3 is 45.5 Å². The van der Waals surface area contributed by atoms with Gasteiger partial charge in [0.05, 0.1) is 37.5 Å². The van der Waals surface area contributed by atoms with Crippen LogP contribution in [0.4, 0.5) is 9.59 Å². The maximum atomic E-state index is 12.8. The third-order valence-electron chi connectivity index (χ3n) is 7.42. The van der Waals surface area contributed by atoms with Crippen molar-refractivity contribution in [2.24, 2.45) is 0 Å². The number of pyridine rings is 1. The molecular formula is C37H52N4O8. The van der Waals surface area contributed by atoms with Crippen molar-refractivity contribution in [1.29, 1.82) is 0 Å². The lowest BCUT2D eigenvalue weighted by Gasteiger charge is -2.29. The number of hydrogen-bond acceptors (Lipinski definition) is 10. The number of nitrogens with zero attached hydrogens (tertiary/aromatic N) is 1. The zero-order valence-electron chi connectivity index (χ0n) is 29.1. The zero-order valence-corrected chi connectivity index (χ0v) is 29.1. The first-order valence-corrected chi connectivity index (χ1v) is 16.6. The van der Waals surface area contributed by atoms with Crippen molar-refractivity contribution < 1.29 is 39.1 Å². The molecule has 0 fully saturated rings. The first-order chi connectivity index (χ1) is 23.2. The van der Waals surface area contributed by atoms with Crippen LogP contribution in [0.2, 0.25) is 0 Å². The predicted molar refractivity (Wildman–Crippen MR) is 186 cm³/mol. The Kier molecular flexibility index (Phi) is 15.3. The van der Waals surface area contributed by atoms with Crippen molar-refractivity contribution in [3.05, 3.63) is 95.8 Å². The van der Waals surface area contributed by atoms with Gasteiger partial charge in [-0.25, -0.2) is 9.59 Å². The number of aliphatic hydroxyl groups excluding tert-OH is 3. The molecule has 0 saturated heterocycles. The smallest absolute Gasteiger partial charge is 0.408 e. The maximum Gasteiger partial charge on any atom is 0.408 e. The second-order valence-electron chi connectivity index (χ2n) is 13.6. The summed E-state index contributed by atoms with van der Waals surface area (Å²) in [6.07, 6.45) is -0.555.